The Labute approximate surface area is 211 Å². The van der Waals surface area contributed by atoms with Crippen molar-refractivity contribution in [2.75, 3.05) is 11.9 Å². The van der Waals surface area contributed by atoms with Gasteiger partial charge in [-0.05, 0) is 35.4 Å². The van der Waals surface area contributed by atoms with E-state index in [9.17, 15) is 18.0 Å². The Balaban J connectivity index is 1.28. The number of furan rings is 1. The van der Waals surface area contributed by atoms with Crippen LogP contribution in [-0.2, 0) is 23.5 Å². The Morgan fingerprint density at radius 1 is 1.00 bits per heavy atom. The SMILES string of the molecule is CC(C)(c1ccccc1)c1ccc(OCc2ccc(C(=O)Nc3cnn(COCC(F)(F)F)c3)o2)cc1. The molecule has 4 aromatic rings. The van der Waals surface area contributed by atoms with Crippen molar-refractivity contribution in [3.05, 3.63) is 102 Å². The fourth-order valence-corrected chi connectivity index (χ4v) is 3.67. The van der Waals surface area contributed by atoms with Crippen molar-refractivity contribution < 1.29 is 31.9 Å². The van der Waals surface area contributed by atoms with E-state index in [-0.39, 0.29) is 23.5 Å². The Morgan fingerprint density at radius 3 is 2.41 bits per heavy atom. The van der Waals surface area contributed by atoms with Crippen LogP contribution >= 0.6 is 0 Å². The molecule has 0 aliphatic carbocycles. The number of anilines is 1. The summed E-state index contributed by atoms with van der Waals surface area (Å²) in [4.78, 5) is 12.4. The molecular formula is C27H26F3N3O4. The van der Waals surface area contributed by atoms with Gasteiger partial charge < -0.3 is 19.2 Å². The average Bonchev–Trinajstić information content (AvgIpc) is 3.52. The highest BCUT2D eigenvalue weighted by Crippen LogP contribution is 2.32. The Bertz CT molecular complexity index is 1310. The van der Waals surface area contributed by atoms with Gasteiger partial charge in [0.25, 0.3) is 5.91 Å². The van der Waals surface area contributed by atoms with Gasteiger partial charge in [-0.3, -0.25) is 4.79 Å². The number of carbonyl (C=O) groups is 1. The van der Waals surface area contributed by atoms with Crippen LogP contribution in [0, 0.1) is 0 Å². The highest BCUT2D eigenvalue weighted by molar-refractivity contribution is 6.02. The van der Waals surface area contributed by atoms with Gasteiger partial charge in [0, 0.05) is 5.41 Å². The average molecular weight is 514 g/mol. The molecule has 0 bridgehead atoms. The van der Waals surface area contributed by atoms with Crippen molar-refractivity contribution in [1.82, 2.24) is 9.78 Å². The van der Waals surface area contributed by atoms with E-state index in [4.69, 9.17) is 9.15 Å². The lowest BCUT2D eigenvalue weighted by molar-refractivity contribution is -0.182. The molecule has 0 aliphatic rings. The molecule has 0 unspecified atom stereocenters. The molecule has 4 rings (SSSR count). The number of halogens is 3. The fourth-order valence-electron chi connectivity index (χ4n) is 3.67. The fraction of sp³-hybridized carbons (Fsp3) is 0.259. The van der Waals surface area contributed by atoms with E-state index in [0.29, 0.717) is 11.5 Å². The first-order valence-corrected chi connectivity index (χ1v) is 11.5. The zero-order valence-electron chi connectivity index (χ0n) is 20.3. The lowest BCUT2D eigenvalue weighted by atomic mass is 9.78. The van der Waals surface area contributed by atoms with E-state index in [1.54, 1.807) is 6.07 Å². The molecule has 7 nitrogen and oxygen atoms in total. The number of hydrogen-bond donors (Lipinski definition) is 1. The van der Waals surface area contributed by atoms with Crippen molar-refractivity contribution in [3.8, 4) is 5.75 Å². The molecule has 0 radical (unpaired) electrons. The number of hydrogen-bond acceptors (Lipinski definition) is 5. The van der Waals surface area contributed by atoms with Crippen LogP contribution < -0.4 is 10.1 Å². The molecule has 37 heavy (non-hydrogen) atoms. The highest BCUT2D eigenvalue weighted by atomic mass is 19.4. The van der Waals surface area contributed by atoms with Crippen LogP contribution in [0.4, 0.5) is 18.9 Å². The van der Waals surface area contributed by atoms with Gasteiger partial charge in [0.1, 0.15) is 31.5 Å². The summed E-state index contributed by atoms with van der Waals surface area (Å²) in [7, 11) is 0. The van der Waals surface area contributed by atoms with Crippen molar-refractivity contribution in [2.24, 2.45) is 0 Å². The number of nitrogens with one attached hydrogen (secondary N) is 1. The number of benzene rings is 2. The monoisotopic (exact) mass is 513 g/mol. The number of carbonyl (C=O) groups excluding carboxylic acids is 1. The summed E-state index contributed by atoms with van der Waals surface area (Å²) < 4.78 is 53.5. The largest absolute Gasteiger partial charge is 0.486 e. The molecule has 0 fully saturated rings. The van der Waals surface area contributed by atoms with Crippen molar-refractivity contribution in [2.45, 2.75) is 38.8 Å². The second-order valence-corrected chi connectivity index (χ2v) is 8.89. The standard InChI is InChI=1S/C27H26F3N3O4/c1-26(2,19-6-4-3-5-7-19)20-8-10-22(11-9-20)36-16-23-12-13-24(37-23)25(34)32-21-14-31-33(15-21)18-35-17-27(28,29)30/h3-15H,16-18H2,1-2H3,(H,32,34). The van der Waals surface area contributed by atoms with Gasteiger partial charge in [-0.15, -0.1) is 0 Å². The van der Waals surface area contributed by atoms with E-state index in [0.717, 1.165) is 10.2 Å². The van der Waals surface area contributed by atoms with Gasteiger partial charge in [0.2, 0.25) is 0 Å². The van der Waals surface area contributed by atoms with Crippen LogP contribution in [0.1, 0.15) is 41.3 Å². The van der Waals surface area contributed by atoms with Crippen LogP contribution in [0.3, 0.4) is 0 Å². The highest BCUT2D eigenvalue weighted by Gasteiger charge is 2.27. The van der Waals surface area contributed by atoms with Crippen molar-refractivity contribution in [1.29, 1.82) is 0 Å². The minimum absolute atomic E-state index is 0.0552. The molecule has 10 heteroatoms. The maximum Gasteiger partial charge on any atom is 0.411 e. The lowest BCUT2D eigenvalue weighted by Gasteiger charge is -2.26. The molecule has 0 aliphatic heterocycles. The smallest absolute Gasteiger partial charge is 0.411 e. The number of nitrogens with zero attached hydrogens (tertiary/aromatic N) is 2. The Morgan fingerprint density at radius 2 is 1.70 bits per heavy atom. The summed E-state index contributed by atoms with van der Waals surface area (Å²) in [5.41, 5.74) is 2.49. The maximum atomic E-state index is 12.4. The van der Waals surface area contributed by atoms with Crippen LogP contribution in [0.2, 0.25) is 0 Å². The zero-order valence-corrected chi connectivity index (χ0v) is 20.3. The van der Waals surface area contributed by atoms with Crippen LogP contribution in [0.5, 0.6) is 5.75 Å². The molecule has 0 atom stereocenters. The number of amides is 1. The van der Waals surface area contributed by atoms with Crippen LogP contribution in [-0.4, -0.2) is 28.5 Å². The zero-order chi connectivity index (χ0) is 26.5. The summed E-state index contributed by atoms with van der Waals surface area (Å²) in [5, 5.41) is 6.42. The van der Waals surface area contributed by atoms with Gasteiger partial charge in [-0.25, -0.2) is 4.68 Å². The summed E-state index contributed by atoms with van der Waals surface area (Å²) in [6.07, 6.45) is -1.78. The third kappa shape index (κ3) is 7.01. The molecule has 1 N–H and O–H groups in total. The van der Waals surface area contributed by atoms with E-state index < -0.39 is 25.4 Å². The summed E-state index contributed by atoms with van der Waals surface area (Å²) in [6, 6.07) is 21.2. The molecule has 0 saturated heterocycles. The summed E-state index contributed by atoms with van der Waals surface area (Å²) >= 11 is 0. The lowest BCUT2D eigenvalue weighted by Crippen LogP contribution is -2.18. The first-order chi connectivity index (χ1) is 17.6. The van der Waals surface area contributed by atoms with Gasteiger partial charge >= 0.3 is 6.18 Å². The first kappa shape index (κ1) is 26.0. The predicted molar refractivity (Wildman–Crippen MR) is 130 cm³/mol. The molecular weight excluding hydrogens is 487 g/mol. The van der Waals surface area contributed by atoms with Gasteiger partial charge in [-0.2, -0.15) is 18.3 Å². The number of rotatable bonds is 10. The van der Waals surface area contributed by atoms with Crippen LogP contribution in [0.25, 0.3) is 0 Å². The number of aromatic nitrogens is 2. The topological polar surface area (TPSA) is 78.5 Å². The van der Waals surface area contributed by atoms with E-state index in [1.807, 2.05) is 42.5 Å². The molecule has 2 aromatic heterocycles. The first-order valence-electron chi connectivity index (χ1n) is 11.5. The second-order valence-electron chi connectivity index (χ2n) is 8.89. The number of ether oxygens (including phenoxy) is 2. The Kier molecular flexibility index (Phi) is 7.68. The van der Waals surface area contributed by atoms with Crippen molar-refractivity contribution in [3.63, 3.8) is 0 Å². The predicted octanol–water partition coefficient (Wildman–Crippen LogP) is 6.17. The summed E-state index contributed by atoms with van der Waals surface area (Å²) in [5.74, 6) is 0.638. The minimum Gasteiger partial charge on any atom is -0.486 e. The van der Waals surface area contributed by atoms with Crippen molar-refractivity contribution >= 4 is 11.6 Å². The van der Waals surface area contributed by atoms with E-state index in [2.05, 4.69) is 41.1 Å². The molecule has 0 spiro atoms. The third-order valence-corrected chi connectivity index (χ3v) is 5.72. The number of alkyl halides is 3. The van der Waals surface area contributed by atoms with Gasteiger partial charge in [0.05, 0.1) is 18.1 Å². The quantitative estimate of drug-likeness (QED) is 0.274. The van der Waals surface area contributed by atoms with Crippen LogP contribution in [0.15, 0.2) is 83.5 Å². The minimum atomic E-state index is -4.42. The third-order valence-electron chi connectivity index (χ3n) is 5.72. The van der Waals surface area contributed by atoms with Gasteiger partial charge in [-0.1, -0.05) is 56.3 Å². The normalized spacial score (nSPS) is 11.9. The summed E-state index contributed by atoms with van der Waals surface area (Å²) in [6.45, 7) is 2.67. The molecule has 1 amide bonds. The van der Waals surface area contributed by atoms with E-state index in [1.165, 1.54) is 24.0 Å². The molecule has 0 saturated carbocycles. The Hall–Kier alpha value is -4.05. The molecule has 194 valence electrons. The molecule has 2 aromatic carbocycles. The van der Waals surface area contributed by atoms with E-state index >= 15 is 0 Å². The maximum absolute atomic E-state index is 12.4. The van der Waals surface area contributed by atoms with Gasteiger partial charge in [0.15, 0.2) is 5.76 Å². The second kappa shape index (κ2) is 10.9. The molecule has 2 heterocycles.